The Hall–Kier alpha value is -2.56. The van der Waals surface area contributed by atoms with Gasteiger partial charge in [-0.15, -0.1) is 0 Å². The first-order valence-corrected chi connectivity index (χ1v) is 6.45. The predicted octanol–water partition coefficient (Wildman–Crippen LogP) is 2.78. The van der Waals surface area contributed by atoms with Crippen LogP contribution in [0.1, 0.15) is 12.5 Å². The monoisotopic (exact) mass is 289 g/mol. The van der Waals surface area contributed by atoms with Crippen LogP contribution in [0.2, 0.25) is 0 Å². The molecule has 0 atom stereocenters. The maximum Gasteiger partial charge on any atom is 0.343 e. The zero-order chi connectivity index (χ0) is 15.7. The van der Waals surface area contributed by atoms with Gasteiger partial charge in [-0.2, -0.15) is 0 Å². The minimum absolute atomic E-state index is 0.0177. The molecule has 1 aromatic rings. The van der Waals surface area contributed by atoms with Gasteiger partial charge in [0.2, 0.25) is 0 Å². The number of benzene rings is 1. The number of allylic oxidation sites excluding steroid dienone is 1. The van der Waals surface area contributed by atoms with Crippen molar-refractivity contribution in [3.63, 3.8) is 0 Å². The van der Waals surface area contributed by atoms with Crippen molar-refractivity contribution in [2.45, 2.75) is 6.92 Å². The summed E-state index contributed by atoms with van der Waals surface area (Å²) in [7, 11) is 2.84. The minimum atomic E-state index is -0.635. The molecule has 0 radical (unpaired) electrons. The largest absolute Gasteiger partial charge is 0.507 e. The van der Waals surface area contributed by atoms with Gasteiger partial charge in [-0.25, -0.2) is 4.79 Å². The molecule has 21 heavy (non-hydrogen) atoms. The lowest BCUT2D eigenvalue weighted by Gasteiger charge is -2.02. The summed E-state index contributed by atoms with van der Waals surface area (Å²) in [6.45, 7) is 2.34. The summed E-state index contributed by atoms with van der Waals surface area (Å²) in [6.07, 6.45) is 4.41. The molecule has 0 fully saturated rings. The molecule has 1 aromatic carbocycles. The van der Waals surface area contributed by atoms with Crippen molar-refractivity contribution in [2.24, 2.45) is 4.99 Å². The van der Waals surface area contributed by atoms with E-state index in [9.17, 15) is 9.90 Å². The number of carbonyl (C=O) groups excluding carboxylic acids is 1. The highest BCUT2D eigenvalue weighted by Gasteiger charge is 2.11. The second-order valence-corrected chi connectivity index (χ2v) is 4.02. The zero-order valence-corrected chi connectivity index (χ0v) is 12.4. The van der Waals surface area contributed by atoms with E-state index in [1.54, 1.807) is 25.3 Å². The summed E-state index contributed by atoms with van der Waals surface area (Å²) < 4.78 is 9.68. The Bertz CT molecular complexity index is 556. The van der Waals surface area contributed by atoms with Crippen LogP contribution in [-0.4, -0.2) is 38.1 Å². The highest BCUT2D eigenvalue weighted by atomic mass is 16.5. The van der Waals surface area contributed by atoms with E-state index in [4.69, 9.17) is 4.74 Å². The normalized spacial score (nSPS) is 12.5. The maximum absolute atomic E-state index is 11.6. The Balaban J connectivity index is 2.98. The number of carbonyl (C=O) groups is 1. The van der Waals surface area contributed by atoms with Gasteiger partial charge < -0.3 is 14.6 Å². The lowest BCUT2D eigenvalue weighted by molar-refractivity contribution is -0.135. The number of methoxy groups -OCH3 is 2. The van der Waals surface area contributed by atoms with Crippen LogP contribution in [-0.2, 0) is 9.53 Å². The molecule has 0 aliphatic heterocycles. The number of nitrogens with zero attached hydrogens (tertiary/aromatic N) is 1. The third kappa shape index (κ3) is 5.14. The number of aliphatic hydroxyl groups excluding tert-OH is 1. The second-order valence-electron chi connectivity index (χ2n) is 4.02. The molecule has 0 saturated carbocycles. The number of esters is 1. The summed E-state index contributed by atoms with van der Waals surface area (Å²) in [5.74, 6) is -0.0869. The molecular weight excluding hydrogens is 270 g/mol. The molecule has 0 aliphatic rings. The maximum atomic E-state index is 11.6. The van der Waals surface area contributed by atoms with Crippen molar-refractivity contribution in [1.82, 2.24) is 0 Å². The average molecular weight is 289 g/mol. The molecule has 0 unspecified atom stereocenters. The number of aliphatic imine (C=N–C) groups is 1. The Morgan fingerprint density at radius 1 is 1.29 bits per heavy atom. The first-order chi connectivity index (χ1) is 10.1. The third-order valence-corrected chi connectivity index (χ3v) is 2.63. The fraction of sp³-hybridized carbons (Fsp3) is 0.250. The van der Waals surface area contributed by atoms with Gasteiger partial charge in [-0.05, 0) is 30.7 Å². The van der Waals surface area contributed by atoms with Crippen LogP contribution in [0.15, 0.2) is 46.7 Å². The summed E-state index contributed by atoms with van der Waals surface area (Å²) in [4.78, 5) is 15.5. The minimum Gasteiger partial charge on any atom is -0.507 e. The lowest BCUT2D eigenvalue weighted by atomic mass is 10.1. The number of hydrogen-bond donors (Lipinski definition) is 1. The van der Waals surface area contributed by atoms with Gasteiger partial charge in [0.25, 0.3) is 0 Å². The molecular formula is C16H19NO4. The van der Waals surface area contributed by atoms with Crippen LogP contribution in [0.25, 0.3) is 6.08 Å². The molecule has 0 aromatic heterocycles. The van der Waals surface area contributed by atoms with E-state index in [-0.39, 0.29) is 11.3 Å². The fourth-order valence-electron chi connectivity index (χ4n) is 1.50. The lowest BCUT2D eigenvalue weighted by Crippen LogP contribution is -2.08. The number of hydrogen-bond acceptors (Lipinski definition) is 5. The zero-order valence-electron chi connectivity index (χ0n) is 12.4. The molecule has 0 saturated heterocycles. The molecule has 1 N–H and O–H groups in total. The molecule has 5 nitrogen and oxygen atoms in total. The van der Waals surface area contributed by atoms with E-state index < -0.39 is 5.97 Å². The van der Waals surface area contributed by atoms with Crippen LogP contribution in [0.3, 0.4) is 0 Å². The predicted molar refractivity (Wildman–Crippen MR) is 82.7 cm³/mol. The van der Waals surface area contributed by atoms with Crippen LogP contribution in [0, 0.1) is 0 Å². The molecule has 0 heterocycles. The smallest absolute Gasteiger partial charge is 0.343 e. The topological polar surface area (TPSA) is 68.1 Å². The van der Waals surface area contributed by atoms with Crippen molar-refractivity contribution < 1.29 is 19.4 Å². The van der Waals surface area contributed by atoms with Crippen molar-refractivity contribution in [2.75, 3.05) is 20.8 Å². The van der Waals surface area contributed by atoms with E-state index in [0.29, 0.717) is 6.54 Å². The van der Waals surface area contributed by atoms with E-state index in [1.807, 2.05) is 19.1 Å². The average Bonchev–Trinajstić information content (AvgIpc) is 2.53. The first-order valence-electron chi connectivity index (χ1n) is 6.45. The van der Waals surface area contributed by atoms with Gasteiger partial charge in [0.15, 0.2) is 0 Å². The molecule has 0 spiro atoms. The van der Waals surface area contributed by atoms with Crippen molar-refractivity contribution in [1.29, 1.82) is 0 Å². The molecule has 0 amide bonds. The van der Waals surface area contributed by atoms with Crippen LogP contribution in [0.4, 0.5) is 0 Å². The van der Waals surface area contributed by atoms with Crippen molar-refractivity contribution in [3.8, 4) is 5.75 Å². The summed E-state index contributed by atoms with van der Waals surface area (Å²) in [5.41, 5.74) is 0.878. The van der Waals surface area contributed by atoms with Gasteiger partial charge >= 0.3 is 5.97 Å². The van der Waals surface area contributed by atoms with E-state index >= 15 is 0 Å². The second kappa shape index (κ2) is 8.58. The summed E-state index contributed by atoms with van der Waals surface area (Å²) in [5, 5.41) is 9.98. The Kier molecular flexibility index (Phi) is 6.74. The third-order valence-electron chi connectivity index (χ3n) is 2.63. The summed E-state index contributed by atoms with van der Waals surface area (Å²) in [6, 6.07) is 7.28. The van der Waals surface area contributed by atoms with Crippen LogP contribution >= 0.6 is 0 Å². The van der Waals surface area contributed by atoms with Gasteiger partial charge in [0.05, 0.1) is 14.2 Å². The van der Waals surface area contributed by atoms with E-state index in [0.717, 1.165) is 11.3 Å². The van der Waals surface area contributed by atoms with Crippen LogP contribution in [0.5, 0.6) is 5.75 Å². The van der Waals surface area contributed by atoms with Crippen molar-refractivity contribution in [3.05, 3.63) is 47.2 Å². The highest BCUT2D eigenvalue weighted by molar-refractivity contribution is 6.10. The Labute approximate surface area is 124 Å². The molecule has 112 valence electrons. The summed E-state index contributed by atoms with van der Waals surface area (Å²) >= 11 is 0. The number of aliphatic hydroxyl groups is 1. The molecule has 1 rings (SSSR count). The SMILES string of the molecule is CCN=CC(C(=O)OC)=C(O)C=Cc1ccc(OC)cc1. The van der Waals surface area contributed by atoms with Crippen molar-refractivity contribution >= 4 is 18.3 Å². The van der Waals surface area contributed by atoms with Crippen LogP contribution < -0.4 is 4.74 Å². The molecule has 0 bridgehead atoms. The molecule has 0 aliphatic carbocycles. The first kappa shape index (κ1) is 16.5. The molecule has 5 heteroatoms. The highest BCUT2D eigenvalue weighted by Crippen LogP contribution is 2.13. The standard InChI is InChI=1S/C16H19NO4/c1-4-17-11-14(16(19)21-3)15(18)10-7-12-5-8-13(20-2)9-6-12/h5-11,18H,4H2,1-3H3. The van der Waals surface area contributed by atoms with Gasteiger partial charge in [-0.1, -0.05) is 18.2 Å². The number of ether oxygens (including phenoxy) is 2. The fourth-order valence-corrected chi connectivity index (χ4v) is 1.50. The van der Waals surface area contributed by atoms with Gasteiger partial charge in [-0.3, -0.25) is 4.99 Å². The van der Waals surface area contributed by atoms with Gasteiger partial charge in [0, 0.05) is 12.8 Å². The van der Waals surface area contributed by atoms with E-state index in [1.165, 1.54) is 19.4 Å². The Morgan fingerprint density at radius 2 is 1.95 bits per heavy atom. The van der Waals surface area contributed by atoms with Gasteiger partial charge in [0.1, 0.15) is 17.1 Å². The quantitative estimate of drug-likeness (QED) is 0.287. The number of rotatable bonds is 6. The van der Waals surface area contributed by atoms with E-state index in [2.05, 4.69) is 9.73 Å². The Morgan fingerprint density at radius 3 is 2.48 bits per heavy atom.